The molecule has 4 nitrogen and oxygen atoms in total. The summed E-state index contributed by atoms with van der Waals surface area (Å²) in [4.78, 5) is 23.1. The molecule has 1 amide bonds. The molecule has 0 aromatic rings. The minimum absolute atomic E-state index is 0.0569. The molecule has 4 heteroatoms. The molecule has 0 spiro atoms. The topological polar surface area (TPSA) is 66.4 Å². The zero-order valence-corrected chi connectivity index (χ0v) is 11.3. The molecular weight excluding hydrogens is 230 g/mol. The fourth-order valence-electron chi connectivity index (χ4n) is 2.63. The first kappa shape index (κ1) is 15.0. The number of hydrogen-bond donors (Lipinski definition) is 2. The second-order valence-corrected chi connectivity index (χ2v) is 5.19. The molecule has 0 bridgehead atoms. The molecule has 1 fully saturated rings. The number of hydrogen-bond acceptors (Lipinski definition) is 2. The summed E-state index contributed by atoms with van der Waals surface area (Å²) in [7, 11) is 0. The predicted molar refractivity (Wildman–Crippen MR) is 70.2 cm³/mol. The fraction of sp³-hybridized carbons (Fsp3) is 0.857. The minimum atomic E-state index is -0.819. The number of carboxylic acids is 1. The van der Waals surface area contributed by atoms with E-state index in [4.69, 9.17) is 5.11 Å². The molecule has 2 atom stereocenters. The maximum atomic E-state index is 12.0. The maximum Gasteiger partial charge on any atom is 0.307 e. The Labute approximate surface area is 109 Å². The van der Waals surface area contributed by atoms with Gasteiger partial charge in [0.2, 0.25) is 5.91 Å². The SMILES string of the molecule is CCCCCCNC(=O)[C@H]1CCCC[C@H]1C(=O)O. The first-order valence-electron chi connectivity index (χ1n) is 7.17. The van der Waals surface area contributed by atoms with E-state index in [0.29, 0.717) is 13.0 Å². The highest BCUT2D eigenvalue weighted by molar-refractivity contribution is 5.84. The second-order valence-electron chi connectivity index (χ2n) is 5.19. The number of nitrogens with one attached hydrogen (secondary N) is 1. The van der Waals surface area contributed by atoms with Crippen molar-refractivity contribution < 1.29 is 14.7 Å². The molecule has 104 valence electrons. The van der Waals surface area contributed by atoms with Gasteiger partial charge in [0, 0.05) is 6.54 Å². The van der Waals surface area contributed by atoms with Crippen molar-refractivity contribution in [3.05, 3.63) is 0 Å². The third kappa shape index (κ3) is 4.67. The molecule has 1 rings (SSSR count). The Bertz CT molecular complexity index is 278. The Balaban J connectivity index is 2.32. The van der Waals surface area contributed by atoms with Crippen LogP contribution in [0.15, 0.2) is 0 Å². The van der Waals surface area contributed by atoms with Crippen LogP contribution >= 0.6 is 0 Å². The molecule has 2 N–H and O–H groups in total. The average molecular weight is 255 g/mol. The van der Waals surface area contributed by atoms with Crippen molar-refractivity contribution >= 4 is 11.9 Å². The lowest BCUT2D eigenvalue weighted by atomic mass is 9.78. The molecule has 0 aromatic carbocycles. The van der Waals surface area contributed by atoms with E-state index in [9.17, 15) is 9.59 Å². The van der Waals surface area contributed by atoms with Gasteiger partial charge in [-0.25, -0.2) is 0 Å². The van der Waals surface area contributed by atoms with Crippen molar-refractivity contribution in [3.8, 4) is 0 Å². The van der Waals surface area contributed by atoms with E-state index in [1.807, 2.05) is 0 Å². The van der Waals surface area contributed by atoms with Gasteiger partial charge in [-0.2, -0.15) is 0 Å². The summed E-state index contributed by atoms with van der Waals surface area (Å²) in [5.41, 5.74) is 0. The van der Waals surface area contributed by atoms with Gasteiger partial charge in [0.05, 0.1) is 11.8 Å². The highest BCUT2D eigenvalue weighted by atomic mass is 16.4. The molecule has 0 saturated heterocycles. The Hall–Kier alpha value is -1.06. The Morgan fingerprint density at radius 3 is 2.39 bits per heavy atom. The first-order chi connectivity index (χ1) is 8.66. The molecule has 0 unspecified atom stereocenters. The second kappa shape index (κ2) is 8.11. The number of carboxylic acid groups (broad SMARTS) is 1. The minimum Gasteiger partial charge on any atom is -0.481 e. The van der Waals surface area contributed by atoms with Crippen LogP contribution < -0.4 is 5.32 Å². The van der Waals surface area contributed by atoms with Crippen LogP contribution in [0.1, 0.15) is 58.3 Å². The number of carbonyl (C=O) groups is 2. The fourth-order valence-corrected chi connectivity index (χ4v) is 2.63. The van der Waals surface area contributed by atoms with Crippen molar-refractivity contribution in [2.45, 2.75) is 58.3 Å². The predicted octanol–water partition coefficient (Wildman–Crippen LogP) is 2.57. The normalized spacial score (nSPS) is 23.6. The van der Waals surface area contributed by atoms with Crippen LogP contribution in [0.4, 0.5) is 0 Å². The van der Waals surface area contributed by atoms with E-state index in [2.05, 4.69) is 12.2 Å². The van der Waals surface area contributed by atoms with Gasteiger partial charge < -0.3 is 10.4 Å². The average Bonchev–Trinajstić information content (AvgIpc) is 2.38. The van der Waals surface area contributed by atoms with Gasteiger partial charge >= 0.3 is 5.97 Å². The van der Waals surface area contributed by atoms with E-state index in [0.717, 1.165) is 32.1 Å². The molecule has 1 aliphatic carbocycles. The van der Waals surface area contributed by atoms with Crippen LogP contribution in [-0.4, -0.2) is 23.5 Å². The highest BCUT2D eigenvalue weighted by Crippen LogP contribution is 2.30. The molecule has 0 heterocycles. The molecule has 1 aliphatic rings. The summed E-state index contributed by atoms with van der Waals surface area (Å²) < 4.78 is 0. The van der Waals surface area contributed by atoms with Crippen LogP contribution in [-0.2, 0) is 9.59 Å². The first-order valence-corrected chi connectivity index (χ1v) is 7.17. The van der Waals surface area contributed by atoms with Gasteiger partial charge in [0.15, 0.2) is 0 Å². The number of amides is 1. The summed E-state index contributed by atoms with van der Waals surface area (Å²) in [6.45, 7) is 2.83. The van der Waals surface area contributed by atoms with Crippen molar-refractivity contribution in [1.29, 1.82) is 0 Å². The Morgan fingerprint density at radius 2 is 1.78 bits per heavy atom. The molecule has 0 aromatic heterocycles. The third-order valence-corrected chi connectivity index (χ3v) is 3.75. The Morgan fingerprint density at radius 1 is 1.11 bits per heavy atom. The van der Waals surface area contributed by atoms with Crippen molar-refractivity contribution in [1.82, 2.24) is 5.32 Å². The Kier molecular flexibility index (Phi) is 6.76. The monoisotopic (exact) mass is 255 g/mol. The molecular formula is C14H25NO3. The van der Waals surface area contributed by atoms with Gasteiger partial charge in [0.1, 0.15) is 0 Å². The molecule has 0 radical (unpaired) electrons. The van der Waals surface area contributed by atoms with E-state index in [-0.39, 0.29) is 11.8 Å². The van der Waals surface area contributed by atoms with Crippen molar-refractivity contribution in [2.24, 2.45) is 11.8 Å². The lowest BCUT2D eigenvalue weighted by molar-refractivity contribution is -0.148. The summed E-state index contributed by atoms with van der Waals surface area (Å²) in [6, 6.07) is 0. The number of aliphatic carboxylic acids is 1. The van der Waals surface area contributed by atoms with Gasteiger partial charge in [-0.3, -0.25) is 9.59 Å². The van der Waals surface area contributed by atoms with E-state index >= 15 is 0 Å². The molecule has 0 aliphatic heterocycles. The van der Waals surface area contributed by atoms with Crippen LogP contribution in [0.3, 0.4) is 0 Å². The summed E-state index contributed by atoms with van der Waals surface area (Å²) >= 11 is 0. The molecule has 1 saturated carbocycles. The summed E-state index contributed by atoms with van der Waals surface area (Å²) in [5.74, 6) is -1.67. The van der Waals surface area contributed by atoms with Gasteiger partial charge in [0.25, 0.3) is 0 Å². The van der Waals surface area contributed by atoms with Crippen LogP contribution in [0.5, 0.6) is 0 Å². The largest absolute Gasteiger partial charge is 0.481 e. The smallest absolute Gasteiger partial charge is 0.307 e. The lowest BCUT2D eigenvalue weighted by Crippen LogP contribution is -2.40. The number of rotatable bonds is 7. The van der Waals surface area contributed by atoms with Crippen molar-refractivity contribution in [2.75, 3.05) is 6.54 Å². The van der Waals surface area contributed by atoms with Crippen LogP contribution in [0.2, 0.25) is 0 Å². The standard InChI is InChI=1S/C14H25NO3/c1-2-3-4-7-10-15-13(16)11-8-5-6-9-12(11)14(17)18/h11-12H,2-10H2,1H3,(H,15,16)(H,17,18)/t11-,12+/m0/s1. The van der Waals surface area contributed by atoms with Crippen LogP contribution in [0.25, 0.3) is 0 Å². The zero-order valence-electron chi connectivity index (χ0n) is 11.3. The molecule has 18 heavy (non-hydrogen) atoms. The highest BCUT2D eigenvalue weighted by Gasteiger charge is 2.35. The van der Waals surface area contributed by atoms with Gasteiger partial charge in [-0.1, -0.05) is 39.0 Å². The van der Waals surface area contributed by atoms with E-state index in [1.165, 1.54) is 12.8 Å². The quantitative estimate of drug-likeness (QED) is 0.687. The number of unbranched alkanes of at least 4 members (excludes halogenated alkanes) is 3. The van der Waals surface area contributed by atoms with Crippen molar-refractivity contribution in [3.63, 3.8) is 0 Å². The van der Waals surface area contributed by atoms with E-state index < -0.39 is 11.9 Å². The van der Waals surface area contributed by atoms with Gasteiger partial charge in [-0.05, 0) is 19.3 Å². The van der Waals surface area contributed by atoms with Gasteiger partial charge in [-0.15, -0.1) is 0 Å². The summed E-state index contributed by atoms with van der Waals surface area (Å²) in [6.07, 6.45) is 7.75. The van der Waals surface area contributed by atoms with E-state index in [1.54, 1.807) is 0 Å². The maximum absolute atomic E-state index is 12.0. The third-order valence-electron chi connectivity index (χ3n) is 3.75. The summed E-state index contributed by atoms with van der Waals surface area (Å²) in [5, 5.41) is 12.0. The number of carbonyl (C=O) groups excluding carboxylic acids is 1. The van der Waals surface area contributed by atoms with Crippen LogP contribution in [0, 0.1) is 11.8 Å². The lowest BCUT2D eigenvalue weighted by Gasteiger charge is -2.27. The zero-order chi connectivity index (χ0) is 13.4.